The Bertz CT molecular complexity index is 408. The highest BCUT2D eigenvalue weighted by atomic mass is 16.5. The molecule has 1 heterocycles. The lowest BCUT2D eigenvalue weighted by Gasteiger charge is -2.24. The number of nitrogens with zero attached hydrogens (tertiary/aromatic N) is 2. The van der Waals surface area contributed by atoms with Gasteiger partial charge < -0.3 is 9.64 Å². The van der Waals surface area contributed by atoms with Gasteiger partial charge in [0, 0.05) is 32.4 Å². The molecule has 0 radical (unpaired) electrons. The van der Waals surface area contributed by atoms with Crippen LogP contribution in [0.5, 0.6) is 0 Å². The van der Waals surface area contributed by atoms with Gasteiger partial charge in [0.1, 0.15) is 0 Å². The van der Waals surface area contributed by atoms with E-state index < -0.39 is 0 Å². The number of anilines is 1. The Kier molecular flexibility index (Phi) is 4.93. The molecule has 0 aromatic heterocycles. The van der Waals surface area contributed by atoms with Gasteiger partial charge in [0.15, 0.2) is 0 Å². The largest absolute Gasteiger partial charge is 0.377 e. The highest BCUT2D eigenvalue weighted by molar-refractivity contribution is 5.94. The second kappa shape index (κ2) is 6.68. The number of carbonyl (C=O) groups excluding carboxylic acids is 1. The molecule has 0 spiro atoms. The first-order valence-corrected chi connectivity index (χ1v) is 6.82. The monoisotopic (exact) mass is 262 g/mol. The molecule has 104 valence electrons. The molecule has 1 aromatic carbocycles. The van der Waals surface area contributed by atoms with Crippen molar-refractivity contribution in [3.63, 3.8) is 0 Å². The Balaban J connectivity index is 1.93. The number of para-hydroxylation sites is 1. The number of ether oxygens (including phenoxy) is 1. The van der Waals surface area contributed by atoms with Gasteiger partial charge in [0.05, 0.1) is 12.6 Å². The fraction of sp³-hybridized carbons (Fsp3) is 0.533. The predicted molar refractivity (Wildman–Crippen MR) is 76.3 cm³/mol. The van der Waals surface area contributed by atoms with Crippen LogP contribution in [0.3, 0.4) is 0 Å². The van der Waals surface area contributed by atoms with Crippen molar-refractivity contribution in [2.75, 3.05) is 38.2 Å². The van der Waals surface area contributed by atoms with Crippen molar-refractivity contribution in [2.45, 2.75) is 19.4 Å². The lowest BCUT2D eigenvalue weighted by atomic mass is 10.3. The molecular formula is C15H22N2O2. The summed E-state index contributed by atoms with van der Waals surface area (Å²) in [6.07, 6.45) is 1.20. The molecule has 1 fully saturated rings. The zero-order valence-corrected chi connectivity index (χ0v) is 11.7. The van der Waals surface area contributed by atoms with Gasteiger partial charge in [-0.15, -0.1) is 0 Å². The van der Waals surface area contributed by atoms with Crippen LogP contribution in [-0.2, 0) is 9.53 Å². The summed E-state index contributed by atoms with van der Waals surface area (Å²) in [6, 6.07) is 9.75. The Labute approximate surface area is 115 Å². The minimum Gasteiger partial charge on any atom is -0.377 e. The van der Waals surface area contributed by atoms with Crippen LogP contribution in [0.15, 0.2) is 30.3 Å². The maximum atomic E-state index is 12.3. The van der Waals surface area contributed by atoms with Crippen molar-refractivity contribution in [1.29, 1.82) is 0 Å². The molecular weight excluding hydrogens is 240 g/mol. The third-order valence-corrected chi connectivity index (χ3v) is 3.41. The summed E-state index contributed by atoms with van der Waals surface area (Å²) in [5.74, 6) is 0.125. The molecule has 1 aliphatic heterocycles. The quantitative estimate of drug-likeness (QED) is 0.832. The van der Waals surface area contributed by atoms with Gasteiger partial charge in [-0.2, -0.15) is 0 Å². The standard InChI is InChI=1S/C15H22N2O2/c1-13-11-17(9-6-10-19-13)12-15(18)16(2)14-7-4-3-5-8-14/h3-5,7-8,13H,6,9-12H2,1-2H3/t13-/m1/s1. The third-order valence-electron chi connectivity index (χ3n) is 3.41. The van der Waals surface area contributed by atoms with Gasteiger partial charge in [-0.05, 0) is 25.5 Å². The molecule has 1 amide bonds. The topological polar surface area (TPSA) is 32.8 Å². The number of benzene rings is 1. The molecule has 2 rings (SSSR count). The molecule has 19 heavy (non-hydrogen) atoms. The van der Waals surface area contributed by atoms with Gasteiger partial charge >= 0.3 is 0 Å². The van der Waals surface area contributed by atoms with Crippen LogP contribution in [0.1, 0.15) is 13.3 Å². The maximum absolute atomic E-state index is 12.3. The number of hydrogen-bond acceptors (Lipinski definition) is 3. The van der Waals surface area contributed by atoms with Gasteiger partial charge in [0.25, 0.3) is 0 Å². The van der Waals surface area contributed by atoms with Crippen LogP contribution < -0.4 is 4.90 Å². The van der Waals surface area contributed by atoms with E-state index in [0.29, 0.717) is 6.54 Å². The van der Waals surface area contributed by atoms with E-state index in [4.69, 9.17) is 4.74 Å². The highest BCUT2D eigenvalue weighted by Crippen LogP contribution is 2.12. The van der Waals surface area contributed by atoms with Crippen molar-refractivity contribution in [2.24, 2.45) is 0 Å². The lowest BCUT2D eigenvalue weighted by Crippen LogP contribution is -2.40. The smallest absolute Gasteiger partial charge is 0.240 e. The molecule has 0 aliphatic carbocycles. The summed E-state index contributed by atoms with van der Waals surface area (Å²) in [7, 11) is 1.83. The van der Waals surface area contributed by atoms with Crippen LogP contribution in [-0.4, -0.2) is 50.2 Å². The Morgan fingerprint density at radius 2 is 2.16 bits per heavy atom. The van der Waals surface area contributed by atoms with E-state index in [-0.39, 0.29) is 12.0 Å². The summed E-state index contributed by atoms with van der Waals surface area (Å²) < 4.78 is 5.59. The molecule has 4 nitrogen and oxygen atoms in total. The van der Waals surface area contributed by atoms with Crippen molar-refractivity contribution in [3.8, 4) is 0 Å². The van der Waals surface area contributed by atoms with Crippen LogP contribution in [0, 0.1) is 0 Å². The number of carbonyl (C=O) groups is 1. The molecule has 1 aromatic rings. The number of amides is 1. The van der Waals surface area contributed by atoms with Crippen LogP contribution in [0.25, 0.3) is 0 Å². The molecule has 0 saturated carbocycles. The average Bonchev–Trinajstić information content (AvgIpc) is 2.63. The third kappa shape index (κ3) is 4.04. The summed E-state index contributed by atoms with van der Waals surface area (Å²) in [4.78, 5) is 16.2. The van der Waals surface area contributed by atoms with E-state index in [9.17, 15) is 4.79 Å². The van der Waals surface area contributed by atoms with Gasteiger partial charge in [-0.3, -0.25) is 9.69 Å². The molecule has 0 unspecified atom stereocenters. The van der Waals surface area contributed by atoms with E-state index in [1.165, 1.54) is 0 Å². The van der Waals surface area contributed by atoms with Crippen molar-refractivity contribution < 1.29 is 9.53 Å². The van der Waals surface area contributed by atoms with Crippen molar-refractivity contribution in [3.05, 3.63) is 30.3 Å². The molecule has 0 bridgehead atoms. The number of rotatable bonds is 3. The van der Waals surface area contributed by atoms with Gasteiger partial charge in [-0.25, -0.2) is 0 Å². The fourth-order valence-electron chi connectivity index (χ4n) is 2.32. The van der Waals surface area contributed by atoms with E-state index in [2.05, 4.69) is 11.8 Å². The van der Waals surface area contributed by atoms with E-state index in [1.807, 2.05) is 37.4 Å². The van der Waals surface area contributed by atoms with Crippen LogP contribution >= 0.6 is 0 Å². The maximum Gasteiger partial charge on any atom is 0.240 e. The zero-order valence-electron chi connectivity index (χ0n) is 11.7. The first kappa shape index (κ1) is 14.0. The lowest BCUT2D eigenvalue weighted by molar-refractivity contribution is -0.119. The number of hydrogen-bond donors (Lipinski definition) is 0. The average molecular weight is 262 g/mol. The van der Waals surface area contributed by atoms with E-state index >= 15 is 0 Å². The first-order valence-electron chi connectivity index (χ1n) is 6.82. The van der Waals surface area contributed by atoms with Crippen LogP contribution in [0.2, 0.25) is 0 Å². The van der Waals surface area contributed by atoms with E-state index in [0.717, 1.165) is 31.8 Å². The van der Waals surface area contributed by atoms with Crippen molar-refractivity contribution >= 4 is 11.6 Å². The number of likely N-dealkylation sites (N-methyl/N-ethyl adjacent to an activating group) is 1. The molecule has 1 saturated heterocycles. The minimum absolute atomic E-state index is 0.125. The van der Waals surface area contributed by atoms with Gasteiger partial charge in [-0.1, -0.05) is 18.2 Å². The summed E-state index contributed by atoms with van der Waals surface area (Å²) in [5, 5.41) is 0. The summed E-state index contributed by atoms with van der Waals surface area (Å²) in [6.45, 7) is 5.07. The van der Waals surface area contributed by atoms with Gasteiger partial charge in [0.2, 0.25) is 5.91 Å². The van der Waals surface area contributed by atoms with Crippen molar-refractivity contribution in [1.82, 2.24) is 4.90 Å². The fourth-order valence-corrected chi connectivity index (χ4v) is 2.32. The first-order chi connectivity index (χ1) is 9.16. The van der Waals surface area contributed by atoms with E-state index in [1.54, 1.807) is 4.90 Å². The Hall–Kier alpha value is -1.39. The normalized spacial score (nSPS) is 20.8. The molecule has 1 atom stereocenters. The zero-order chi connectivity index (χ0) is 13.7. The molecule has 0 N–H and O–H groups in total. The second-order valence-corrected chi connectivity index (χ2v) is 5.06. The molecule has 4 heteroatoms. The highest BCUT2D eigenvalue weighted by Gasteiger charge is 2.19. The minimum atomic E-state index is 0.125. The Morgan fingerprint density at radius 1 is 1.42 bits per heavy atom. The second-order valence-electron chi connectivity index (χ2n) is 5.06. The molecule has 1 aliphatic rings. The predicted octanol–water partition coefficient (Wildman–Crippen LogP) is 1.76. The SMILES string of the molecule is C[C@@H]1CN(CC(=O)N(C)c2ccccc2)CCCO1. The Morgan fingerprint density at radius 3 is 2.89 bits per heavy atom. The van der Waals surface area contributed by atoms with Crippen LogP contribution in [0.4, 0.5) is 5.69 Å². The summed E-state index contributed by atoms with van der Waals surface area (Å²) >= 11 is 0. The summed E-state index contributed by atoms with van der Waals surface area (Å²) in [5.41, 5.74) is 0.937.